The first-order chi connectivity index (χ1) is 15.0. The second-order valence-electron chi connectivity index (χ2n) is 8.14. The first-order valence-electron chi connectivity index (χ1n) is 10.8. The second kappa shape index (κ2) is 9.39. The number of hydrogen-bond acceptors (Lipinski definition) is 5. The van der Waals surface area contributed by atoms with Gasteiger partial charge in [0.05, 0.1) is 6.54 Å². The zero-order valence-electron chi connectivity index (χ0n) is 18.1. The summed E-state index contributed by atoms with van der Waals surface area (Å²) in [5.41, 5.74) is 1.73. The number of amides is 2. The minimum atomic E-state index is -0.270. The first-order valence-corrected chi connectivity index (χ1v) is 10.8. The topological polar surface area (TPSA) is 62.3 Å². The highest BCUT2D eigenvalue weighted by atomic mass is 16.6. The molecule has 2 fully saturated rings. The van der Waals surface area contributed by atoms with Crippen LogP contribution in [0.25, 0.3) is 0 Å². The summed E-state index contributed by atoms with van der Waals surface area (Å²) < 4.78 is 11.7. The molecule has 2 saturated heterocycles. The van der Waals surface area contributed by atoms with Crippen molar-refractivity contribution in [3.05, 3.63) is 54.6 Å². The van der Waals surface area contributed by atoms with Crippen LogP contribution in [0.1, 0.15) is 19.8 Å². The summed E-state index contributed by atoms with van der Waals surface area (Å²) in [6, 6.07) is 17.3. The zero-order valence-corrected chi connectivity index (χ0v) is 18.1. The molecular weight excluding hydrogens is 394 g/mol. The van der Waals surface area contributed by atoms with E-state index in [9.17, 15) is 9.59 Å². The Morgan fingerprint density at radius 1 is 1.10 bits per heavy atom. The Bertz CT molecular complexity index is 895. The molecule has 0 unspecified atom stereocenters. The van der Waals surface area contributed by atoms with Crippen LogP contribution in [0.15, 0.2) is 54.6 Å². The molecule has 7 heteroatoms. The fourth-order valence-electron chi connectivity index (χ4n) is 4.06. The van der Waals surface area contributed by atoms with Gasteiger partial charge in [-0.1, -0.05) is 18.2 Å². The van der Waals surface area contributed by atoms with E-state index in [0.29, 0.717) is 6.54 Å². The molecule has 0 saturated carbocycles. The van der Waals surface area contributed by atoms with E-state index in [1.807, 2.05) is 54.6 Å². The molecule has 2 aliphatic rings. The molecule has 2 aliphatic heterocycles. The predicted octanol–water partition coefficient (Wildman–Crippen LogP) is 3.54. The van der Waals surface area contributed by atoms with E-state index in [1.54, 1.807) is 23.8 Å². The highest BCUT2D eigenvalue weighted by molar-refractivity contribution is 5.91. The van der Waals surface area contributed by atoms with E-state index >= 15 is 0 Å². The van der Waals surface area contributed by atoms with Gasteiger partial charge in [0.1, 0.15) is 18.0 Å². The van der Waals surface area contributed by atoms with Gasteiger partial charge in [0.2, 0.25) is 5.91 Å². The average molecular weight is 424 g/mol. The number of benzene rings is 2. The summed E-state index contributed by atoms with van der Waals surface area (Å²) in [7, 11) is 1.76. The normalized spacial score (nSPS) is 19.9. The number of para-hydroxylation sites is 1. The summed E-state index contributed by atoms with van der Waals surface area (Å²) >= 11 is 0. The second-order valence-corrected chi connectivity index (χ2v) is 8.14. The van der Waals surface area contributed by atoms with Crippen LogP contribution in [-0.4, -0.2) is 62.3 Å². The van der Waals surface area contributed by atoms with Crippen molar-refractivity contribution in [3.63, 3.8) is 0 Å². The maximum Gasteiger partial charge on any atom is 0.414 e. The highest BCUT2D eigenvalue weighted by Gasteiger charge is 2.34. The van der Waals surface area contributed by atoms with Crippen LogP contribution in [0.5, 0.6) is 5.75 Å². The number of rotatable bonds is 6. The number of ether oxygens (including phenoxy) is 2. The van der Waals surface area contributed by atoms with Crippen molar-refractivity contribution in [1.82, 2.24) is 4.90 Å². The van der Waals surface area contributed by atoms with Gasteiger partial charge in [-0.3, -0.25) is 14.6 Å². The van der Waals surface area contributed by atoms with Gasteiger partial charge in [-0.25, -0.2) is 4.79 Å². The third-order valence-corrected chi connectivity index (χ3v) is 5.94. The zero-order chi connectivity index (χ0) is 21.8. The number of hydrogen-bond donors (Lipinski definition) is 0. The molecule has 0 bridgehead atoms. The Balaban J connectivity index is 1.23. The maximum absolute atomic E-state index is 12.2. The smallest absolute Gasteiger partial charge is 0.414 e. The third-order valence-electron chi connectivity index (χ3n) is 5.94. The predicted molar refractivity (Wildman–Crippen MR) is 120 cm³/mol. The first kappa shape index (κ1) is 21.2. The molecule has 0 aliphatic carbocycles. The van der Waals surface area contributed by atoms with Crippen LogP contribution in [-0.2, 0) is 9.53 Å². The van der Waals surface area contributed by atoms with Gasteiger partial charge in [0, 0.05) is 45.0 Å². The van der Waals surface area contributed by atoms with Gasteiger partial charge < -0.3 is 14.4 Å². The third kappa shape index (κ3) is 5.17. The molecule has 2 amide bonds. The fraction of sp³-hybridized carbons (Fsp3) is 0.417. The van der Waals surface area contributed by atoms with Crippen molar-refractivity contribution in [2.45, 2.75) is 32.0 Å². The molecule has 0 radical (unpaired) electrons. The molecule has 4 rings (SSSR count). The van der Waals surface area contributed by atoms with Crippen molar-refractivity contribution >= 4 is 23.4 Å². The fourth-order valence-corrected chi connectivity index (χ4v) is 4.06. The minimum Gasteiger partial charge on any atom is -0.490 e. The number of carbonyl (C=O) groups is 2. The van der Waals surface area contributed by atoms with Crippen LogP contribution < -0.4 is 14.5 Å². The van der Waals surface area contributed by atoms with Gasteiger partial charge in [-0.15, -0.1) is 0 Å². The lowest BCUT2D eigenvalue weighted by molar-refractivity contribution is -0.116. The SMILES string of the molecule is CC(=O)N(C)c1ccc(OC2CCN(C[C@@H]3CN(c4ccccc4)C(=O)O3)CC2)cc1. The Kier molecular flexibility index (Phi) is 6.42. The summed E-state index contributed by atoms with van der Waals surface area (Å²) in [5, 5.41) is 0. The van der Waals surface area contributed by atoms with Crippen LogP contribution >= 0.6 is 0 Å². The van der Waals surface area contributed by atoms with Crippen molar-refractivity contribution < 1.29 is 19.1 Å². The Morgan fingerprint density at radius 3 is 2.42 bits per heavy atom. The lowest BCUT2D eigenvalue weighted by Gasteiger charge is -2.33. The van der Waals surface area contributed by atoms with Crippen molar-refractivity contribution in [2.75, 3.05) is 43.0 Å². The molecule has 2 aromatic carbocycles. The molecule has 2 heterocycles. The van der Waals surface area contributed by atoms with Crippen molar-refractivity contribution in [2.24, 2.45) is 0 Å². The molecular formula is C24H29N3O4. The van der Waals surface area contributed by atoms with E-state index in [0.717, 1.165) is 49.6 Å². The van der Waals surface area contributed by atoms with Crippen LogP contribution in [0.3, 0.4) is 0 Å². The van der Waals surface area contributed by atoms with Crippen LogP contribution in [0.2, 0.25) is 0 Å². The number of carbonyl (C=O) groups excluding carboxylic acids is 2. The summed E-state index contributed by atoms with van der Waals surface area (Å²) in [6.45, 7) is 4.70. The number of piperidine rings is 1. The molecule has 0 N–H and O–H groups in total. The Hall–Kier alpha value is -3.06. The molecule has 31 heavy (non-hydrogen) atoms. The van der Waals surface area contributed by atoms with Gasteiger partial charge in [-0.05, 0) is 49.2 Å². The quantitative estimate of drug-likeness (QED) is 0.711. The Labute approximate surface area is 183 Å². The summed E-state index contributed by atoms with van der Waals surface area (Å²) in [5.74, 6) is 0.822. The van der Waals surface area contributed by atoms with E-state index < -0.39 is 0 Å². The standard InChI is InChI=1S/C24H29N3O4/c1-18(28)25(2)19-8-10-21(11-9-19)30-22-12-14-26(15-13-22)16-23-17-27(24(29)31-23)20-6-4-3-5-7-20/h3-11,22-23H,12-17H2,1-2H3/t23-/m1/s1. The lowest BCUT2D eigenvalue weighted by atomic mass is 10.1. The summed E-state index contributed by atoms with van der Waals surface area (Å²) in [6.07, 6.45) is 1.64. The molecule has 7 nitrogen and oxygen atoms in total. The number of nitrogens with zero attached hydrogens (tertiary/aromatic N) is 3. The molecule has 2 aromatic rings. The Morgan fingerprint density at radius 2 is 1.77 bits per heavy atom. The van der Waals surface area contributed by atoms with E-state index in [2.05, 4.69) is 4.90 Å². The van der Waals surface area contributed by atoms with Crippen LogP contribution in [0, 0.1) is 0 Å². The molecule has 1 atom stereocenters. The number of likely N-dealkylation sites (tertiary alicyclic amines) is 1. The number of cyclic esters (lactones) is 1. The van der Waals surface area contributed by atoms with E-state index in [4.69, 9.17) is 9.47 Å². The van der Waals surface area contributed by atoms with Gasteiger partial charge in [0.15, 0.2) is 0 Å². The summed E-state index contributed by atoms with van der Waals surface area (Å²) in [4.78, 5) is 29.4. The molecule has 0 aromatic heterocycles. The molecule has 0 spiro atoms. The van der Waals surface area contributed by atoms with E-state index in [-0.39, 0.29) is 24.2 Å². The average Bonchev–Trinajstić information content (AvgIpc) is 3.15. The largest absolute Gasteiger partial charge is 0.490 e. The van der Waals surface area contributed by atoms with Gasteiger partial charge in [0.25, 0.3) is 0 Å². The maximum atomic E-state index is 12.2. The van der Waals surface area contributed by atoms with Gasteiger partial charge >= 0.3 is 6.09 Å². The lowest BCUT2D eigenvalue weighted by Crippen LogP contribution is -2.42. The highest BCUT2D eigenvalue weighted by Crippen LogP contribution is 2.25. The van der Waals surface area contributed by atoms with E-state index in [1.165, 1.54) is 0 Å². The number of anilines is 2. The monoisotopic (exact) mass is 423 g/mol. The van der Waals surface area contributed by atoms with Crippen molar-refractivity contribution in [3.8, 4) is 5.75 Å². The van der Waals surface area contributed by atoms with Crippen molar-refractivity contribution in [1.29, 1.82) is 0 Å². The minimum absolute atomic E-state index is 0.000807. The van der Waals surface area contributed by atoms with Gasteiger partial charge in [-0.2, -0.15) is 0 Å². The molecule has 164 valence electrons. The van der Waals surface area contributed by atoms with Crippen LogP contribution in [0.4, 0.5) is 16.2 Å².